The third kappa shape index (κ3) is 3.20. The Morgan fingerprint density at radius 2 is 1.53 bits per heavy atom. The number of rotatable bonds is 3. The zero-order chi connectivity index (χ0) is 21.5. The van der Waals surface area contributed by atoms with Gasteiger partial charge in [-0.3, -0.25) is 0 Å². The lowest BCUT2D eigenvalue weighted by molar-refractivity contribution is 0.517. The highest BCUT2D eigenvalue weighted by atomic mass is 35.5. The molecule has 0 bridgehead atoms. The fraction of sp³-hybridized carbons (Fsp3) is 0.0741. The zero-order valence-electron chi connectivity index (χ0n) is 17.1. The molecule has 0 radical (unpaired) electrons. The van der Waals surface area contributed by atoms with E-state index in [1.165, 1.54) is 5.56 Å². The molecule has 4 nitrogen and oxygen atoms in total. The number of halogens is 1. The summed E-state index contributed by atoms with van der Waals surface area (Å²) in [6, 6.07) is 26.2. The van der Waals surface area contributed by atoms with E-state index >= 15 is 0 Å². The zero-order valence-corrected chi connectivity index (χ0v) is 17.8. The second kappa shape index (κ2) is 7.74. The van der Waals surface area contributed by atoms with Gasteiger partial charge < -0.3 is 4.42 Å². The molecule has 32 heavy (non-hydrogen) atoms. The van der Waals surface area contributed by atoms with Crippen LogP contribution in [0.3, 0.4) is 0 Å². The Morgan fingerprint density at radius 1 is 0.781 bits per heavy atom. The van der Waals surface area contributed by atoms with Crippen molar-refractivity contribution in [3.8, 4) is 22.8 Å². The molecule has 2 aromatic heterocycles. The third-order valence-corrected chi connectivity index (χ3v) is 6.01. The van der Waals surface area contributed by atoms with Crippen molar-refractivity contribution in [2.75, 3.05) is 0 Å². The van der Waals surface area contributed by atoms with Crippen molar-refractivity contribution in [1.29, 1.82) is 0 Å². The molecule has 0 aliphatic heterocycles. The number of fused-ring (bicyclic) bond motifs is 3. The summed E-state index contributed by atoms with van der Waals surface area (Å²) >= 11 is 6.32. The van der Waals surface area contributed by atoms with E-state index in [9.17, 15) is 0 Å². The van der Waals surface area contributed by atoms with Gasteiger partial charge in [-0.05, 0) is 29.7 Å². The van der Waals surface area contributed by atoms with E-state index in [1.807, 2.05) is 54.6 Å². The van der Waals surface area contributed by atoms with Gasteiger partial charge in [-0.1, -0.05) is 84.9 Å². The lowest BCUT2D eigenvalue weighted by atomic mass is 9.86. The van der Waals surface area contributed by atoms with Crippen LogP contribution in [0, 0.1) is 0 Å². The van der Waals surface area contributed by atoms with Crippen molar-refractivity contribution >= 4 is 28.6 Å². The third-order valence-electron chi connectivity index (χ3n) is 5.84. The van der Waals surface area contributed by atoms with Gasteiger partial charge in [0.25, 0.3) is 0 Å². The second-order valence-corrected chi connectivity index (χ2v) is 8.12. The van der Waals surface area contributed by atoms with Crippen LogP contribution in [0.4, 0.5) is 0 Å². The van der Waals surface area contributed by atoms with Crippen LogP contribution < -0.4 is 0 Å². The highest BCUT2D eigenvalue weighted by Crippen LogP contribution is 2.43. The standard InChI is InChI=1S/C27H18ClN3O/c28-27-30-25(18-11-5-2-6-12-18)29-26(31-27)21-15-8-16-22-23(21)20-14-7-13-19(24(20)32-22)17-9-3-1-4-10-17/h1-12,14-16,19H,13H2. The Morgan fingerprint density at radius 3 is 2.34 bits per heavy atom. The molecule has 3 aromatic carbocycles. The van der Waals surface area contributed by atoms with E-state index in [1.54, 1.807) is 0 Å². The van der Waals surface area contributed by atoms with Crippen LogP contribution in [0.1, 0.15) is 29.2 Å². The summed E-state index contributed by atoms with van der Waals surface area (Å²) < 4.78 is 6.41. The first-order valence-corrected chi connectivity index (χ1v) is 10.9. The maximum absolute atomic E-state index is 6.41. The smallest absolute Gasteiger partial charge is 0.226 e. The molecule has 0 amide bonds. The fourth-order valence-corrected chi connectivity index (χ4v) is 4.55. The molecule has 2 heterocycles. The minimum atomic E-state index is 0.168. The number of aromatic nitrogens is 3. The number of nitrogens with zero attached hydrogens (tertiary/aromatic N) is 3. The summed E-state index contributed by atoms with van der Waals surface area (Å²) in [5.74, 6) is 2.24. The number of hydrogen-bond donors (Lipinski definition) is 0. The summed E-state index contributed by atoms with van der Waals surface area (Å²) in [6.45, 7) is 0. The van der Waals surface area contributed by atoms with Crippen molar-refractivity contribution in [2.24, 2.45) is 0 Å². The van der Waals surface area contributed by atoms with E-state index in [0.717, 1.165) is 39.8 Å². The molecule has 0 N–H and O–H groups in total. The minimum absolute atomic E-state index is 0.168. The molecule has 1 aliphatic carbocycles. The van der Waals surface area contributed by atoms with E-state index in [0.29, 0.717) is 11.6 Å². The minimum Gasteiger partial charge on any atom is -0.460 e. The molecule has 154 valence electrons. The van der Waals surface area contributed by atoms with Crippen LogP contribution >= 0.6 is 11.6 Å². The molecule has 1 unspecified atom stereocenters. The second-order valence-electron chi connectivity index (χ2n) is 7.78. The Balaban J connectivity index is 1.55. The topological polar surface area (TPSA) is 51.8 Å². The van der Waals surface area contributed by atoms with E-state index in [-0.39, 0.29) is 11.2 Å². The van der Waals surface area contributed by atoms with Crippen LogP contribution in [0.5, 0.6) is 0 Å². The normalized spacial score (nSPS) is 15.1. The van der Waals surface area contributed by atoms with Gasteiger partial charge in [-0.25, -0.2) is 4.98 Å². The van der Waals surface area contributed by atoms with Crippen molar-refractivity contribution < 1.29 is 4.42 Å². The van der Waals surface area contributed by atoms with Gasteiger partial charge in [0.15, 0.2) is 11.6 Å². The summed E-state index contributed by atoms with van der Waals surface area (Å²) in [6.07, 6.45) is 5.26. The molecular formula is C27H18ClN3O. The van der Waals surface area contributed by atoms with Gasteiger partial charge in [0, 0.05) is 28.0 Å². The summed E-state index contributed by atoms with van der Waals surface area (Å²) in [4.78, 5) is 13.6. The first-order chi connectivity index (χ1) is 15.8. The van der Waals surface area contributed by atoms with Crippen LogP contribution in [0.15, 0.2) is 89.4 Å². The van der Waals surface area contributed by atoms with Crippen LogP contribution in [0.25, 0.3) is 39.8 Å². The molecule has 0 fully saturated rings. The maximum atomic E-state index is 6.41. The molecule has 0 spiro atoms. The summed E-state index contributed by atoms with van der Waals surface area (Å²) in [7, 11) is 0. The Hall–Kier alpha value is -3.76. The van der Waals surface area contributed by atoms with Crippen LogP contribution in [-0.4, -0.2) is 15.0 Å². The highest BCUT2D eigenvalue weighted by molar-refractivity contribution is 6.28. The van der Waals surface area contributed by atoms with Gasteiger partial charge in [0.1, 0.15) is 11.3 Å². The Bertz CT molecular complexity index is 1460. The first-order valence-electron chi connectivity index (χ1n) is 10.5. The quantitative estimate of drug-likeness (QED) is 0.302. The van der Waals surface area contributed by atoms with Crippen LogP contribution in [0.2, 0.25) is 5.28 Å². The van der Waals surface area contributed by atoms with Gasteiger partial charge in [0.2, 0.25) is 5.28 Å². The Kier molecular flexibility index (Phi) is 4.58. The summed E-state index contributed by atoms with van der Waals surface area (Å²) in [5, 5.41) is 1.17. The number of allylic oxidation sites excluding steroid dienone is 1. The SMILES string of the molecule is Clc1nc(-c2ccccc2)nc(-c2cccc3oc4c(c23)C=CCC4c2ccccc2)n1. The molecule has 5 aromatic rings. The van der Waals surface area contributed by atoms with E-state index in [4.69, 9.17) is 21.0 Å². The average molecular weight is 436 g/mol. The Labute approximate surface area is 190 Å². The van der Waals surface area contributed by atoms with Gasteiger partial charge in [-0.2, -0.15) is 9.97 Å². The van der Waals surface area contributed by atoms with Gasteiger partial charge in [0.05, 0.1) is 0 Å². The lowest BCUT2D eigenvalue weighted by Gasteiger charge is -2.17. The van der Waals surface area contributed by atoms with E-state index < -0.39 is 0 Å². The molecule has 6 rings (SSSR count). The van der Waals surface area contributed by atoms with Crippen molar-refractivity contribution in [1.82, 2.24) is 15.0 Å². The molecule has 0 saturated heterocycles. The molecular weight excluding hydrogens is 418 g/mol. The average Bonchev–Trinajstić information content (AvgIpc) is 3.24. The lowest BCUT2D eigenvalue weighted by Crippen LogP contribution is -2.03. The fourth-order valence-electron chi connectivity index (χ4n) is 4.39. The van der Waals surface area contributed by atoms with Crippen LogP contribution in [-0.2, 0) is 0 Å². The van der Waals surface area contributed by atoms with Crippen molar-refractivity contribution in [3.63, 3.8) is 0 Å². The number of benzene rings is 3. The number of hydrogen-bond acceptors (Lipinski definition) is 4. The number of furan rings is 1. The largest absolute Gasteiger partial charge is 0.460 e. The van der Waals surface area contributed by atoms with Gasteiger partial charge in [-0.15, -0.1) is 0 Å². The van der Waals surface area contributed by atoms with Gasteiger partial charge >= 0.3 is 0 Å². The molecule has 5 heteroatoms. The monoisotopic (exact) mass is 435 g/mol. The van der Waals surface area contributed by atoms with Crippen molar-refractivity contribution in [3.05, 3.63) is 107 Å². The molecule has 0 saturated carbocycles. The van der Waals surface area contributed by atoms with Crippen molar-refractivity contribution in [2.45, 2.75) is 12.3 Å². The first kappa shape index (κ1) is 19.0. The predicted molar refractivity (Wildman–Crippen MR) is 127 cm³/mol. The molecule has 1 atom stereocenters. The van der Waals surface area contributed by atoms with E-state index in [2.05, 4.69) is 46.4 Å². The highest BCUT2D eigenvalue weighted by Gasteiger charge is 2.27. The maximum Gasteiger partial charge on any atom is 0.226 e. The summed E-state index contributed by atoms with van der Waals surface area (Å²) in [5.41, 5.74) is 4.91. The molecule has 1 aliphatic rings. The predicted octanol–water partition coefficient (Wildman–Crippen LogP) is 7.15.